The number of nitrogens with zero attached hydrogens (tertiary/aromatic N) is 1. The van der Waals surface area contributed by atoms with Crippen LogP contribution in [0.3, 0.4) is 0 Å². The lowest BCUT2D eigenvalue weighted by molar-refractivity contribution is -0.202. The largest absolute Gasteiger partial charge is 0.387 e. The standard InChI is InChI=1S/C36H50N2O7.C31H44N2O9.C8H10N2O.CH3F.ClH/c1-22(2)6-17-33(40)38-30-18-24(4)31(44-25(30)5)15-7-23(3)8-16-32-34(41)36(21-43-36)20-29(45-32)19-28(39)14-11-26-9-12-27(13-10-26)35(37)42;1-18(2)6-11-26(34)32-23-14-20(4)24(40-21(23)5)9-7-19(3)8-10-25-30(38)31(17-39-31)16-22(41-25)15-29(37)42-33-27(35)12-13-28(33)36;9-5-6-1-3-7(4-2-6)8(10)11;1-2;/h6-10,12-13,16-17,22,24-25,29-32,34,41H,11,14-15,18-21H2,1-5H3,(H2,37,42)(H,38,40);6-8,10-11,18,20-25,30,38H,9,12-17H2,1-5H3,(H,32,34);1-4H,5,9H2,(H2,10,11);1H3;1H/b16-8+,17-6-,23-7+;10-8+,11-6-,19-7+;;;/t24-,25+,29+,30+,31-,32+,34+,36+;20-,21+,22+,23+,24-,25+,30+,31+;;;/m00.../s1/i;;;1D;. The molecule has 0 aliphatic carbocycles. The third-order valence-electron chi connectivity index (χ3n) is 18.8. The van der Waals surface area contributed by atoms with Crippen molar-refractivity contribution in [2.24, 2.45) is 40.9 Å². The van der Waals surface area contributed by atoms with Gasteiger partial charge in [0.05, 0.1) is 76.9 Å². The van der Waals surface area contributed by atoms with Crippen molar-refractivity contribution < 1.29 is 87.6 Å². The van der Waals surface area contributed by atoms with Crippen LogP contribution in [0, 0.1) is 23.7 Å². The van der Waals surface area contributed by atoms with Gasteiger partial charge in [0.2, 0.25) is 23.6 Å². The number of nitrogens with two attached hydrogens (primary N) is 3. The molecule has 0 bridgehead atoms. The number of amides is 6. The molecule has 0 saturated carbocycles. The minimum atomic E-state index is -1.00. The van der Waals surface area contributed by atoms with Gasteiger partial charge in [0, 0.05) is 56.2 Å². The summed E-state index contributed by atoms with van der Waals surface area (Å²) in [6.07, 6.45) is 19.4. The number of aryl methyl sites for hydroxylation is 1. The average molecular weight is 1430 g/mol. The topological polar surface area (TPSA) is 354 Å². The number of benzene rings is 2. The van der Waals surface area contributed by atoms with Crippen LogP contribution in [0.2, 0.25) is 0 Å². The zero-order valence-electron chi connectivity index (χ0n) is 60.9. The van der Waals surface area contributed by atoms with Gasteiger partial charge in [-0.2, -0.15) is 0 Å². The lowest BCUT2D eigenvalue weighted by atomic mass is 9.86. The molecule has 101 heavy (non-hydrogen) atoms. The number of primary amides is 2. The fourth-order valence-electron chi connectivity index (χ4n) is 12.5. The Morgan fingerprint density at radius 3 is 1.44 bits per heavy atom. The monoisotopic (exact) mass is 1430 g/mol. The lowest BCUT2D eigenvalue weighted by Crippen LogP contribution is -2.50. The molecular formula is C76H108ClFN6O17. The Labute approximate surface area is 601 Å². The number of hydrogen-bond acceptors (Lipinski definition) is 18. The Hall–Kier alpha value is -7.10. The predicted molar refractivity (Wildman–Crippen MR) is 381 cm³/mol. The summed E-state index contributed by atoms with van der Waals surface area (Å²) in [6.45, 7) is 21.7. The van der Waals surface area contributed by atoms with Crippen LogP contribution >= 0.6 is 12.4 Å². The number of ether oxygens (including phenoxy) is 6. The highest BCUT2D eigenvalue weighted by atomic mass is 35.5. The van der Waals surface area contributed by atoms with Gasteiger partial charge in [-0.15, -0.1) is 17.5 Å². The first-order valence-electron chi connectivity index (χ1n) is 35.4. The molecule has 7 aliphatic heterocycles. The molecule has 7 aliphatic rings. The Bertz CT molecular complexity index is 3300. The second-order valence-corrected chi connectivity index (χ2v) is 28.0. The molecule has 0 unspecified atom stereocenters. The third-order valence-corrected chi connectivity index (χ3v) is 18.8. The van der Waals surface area contributed by atoms with E-state index >= 15 is 0 Å². The number of halogens is 2. The number of rotatable bonds is 25. The van der Waals surface area contributed by atoms with Crippen molar-refractivity contribution in [1.29, 1.82) is 0 Å². The molecule has 16 atom stereocenters. The molecule has 6 amide bonds. The molecule has 7 fully saturated rings. The Balaban J connectivity index is 0.000000306. The highest BCUT2D eigenvalue weighted by molar-refractivity contribution is 6.01. The van der Waals surface area contributed by atoms with E-state index in [2.05, 4.69) is 36.6 Å². The van der Waals surface area contributed by atoms with E-state index in [4.69, 9.17) is 51.8 Å². The van der Waals surface area contributed by atoms with Gasteiger partial charge in [-0.05, 0) is 131 Å². The first-order chi connectivity index (χ1) is 47.9. The van der Waals surface area contributed by atoms with Gasteiger partial charge in [-0.25, -0.2) is 4.79 Å². The third kappa shape index (κ3) is 26.3. The van der Waals surface area contributed by atoms with Crippen LogP contribution in [0.4, 0.5) is 4.39 Å². The van der Waals surface area contributed by atoms with Gasteiger partial charge >= 0.3 is 5.97 Å². The minimum absolute atomic E-state index is 0. The molecule has 0 aromatic heterocycles. The summed E-state index contributed by atoms with van der Waals surface area (Å²) in [4.78, 5) is 100. The van der Waals surface area contributed by atoms with Crippen molar-refractivity contribution in [3.05, 3.63) is 143 Å². The van der Waals surface area contributed by atoms with Crippen LogP contribution < -0.4 is 27.8 Å². The van der Waals surface area contributed by atoms with E-state index in [1.165, 1.54) is 0 Å². The molecular weight excluding hydrogens is 1320 g/mol. The maximum absolute atomic E-state index is 12.8. The normalized spacial score (nSPS) is 30.3. The van der Waals surface area contributed by atoms with Crippen LogP contribution in [-0.2, 0) is 75.0 Å². The number of epoxide rings is 2. The van der Waals surface area contributed by atoms with Crippen LogP contribution in [-0.4, -0.2) is 167 Å². The molecule has 2 aromatic carbocycles. The number of hydrogen-bond donors (Lipinski definition) is 7. The molecule has 0 radical (unpaired) electrons. The smallest absolute Gasteiger partial charge is 0.335 e. The molecule has 10 N–H and O–H groups in total. The van der Waals surface area contributed by atoms with Gasteiger partial charge in [0.25, 0.3) is 11.8 Å². The van der Waals surface area contributed by atoms with Crippen molar-refractivity contribution in [3.8, 4) is 0 Å². The maximum atomic E-state index is 12.8. The van der Waals surface area contributed by atoms with Crippen LogP contribution in [0.5, 0.6) is 0 Å². The van der Waals surface area contributed by atoms with Crippen LogP contribution in [0.25, 0.3) is 0 Å². The quantitative estimate of drug-likeness (QED) is 0.0213. The van der Waals surface area contributed by atoms with Crippen molar-refractivity contribution in [2.45, 2.75) is 237 Å². The molecule has 558 valence electrons. The van der Waals surface area contributed by atoms with Crippen LogP contribution in [0.1, 0.15) is 173 Å². The van der Waals surface area contributed by atoms with Gasteiger partial charge in [0.1, 0.15) is 41.4 Å². The average Bonchev–Trinajstić information content (AvgIpc) is 1.60. The van der Waals surface area contributed by atoms with E-state index in [0.717, 1.165) is 41.5 Å². The van der Waals surface area contributed by atoms with E-state index in [1.54, 1.807) is 54.6 Å². The van der Waals surface area contributed by atoms with Crippen molar-refractivity contribution in [1.82, 2.24) is 15.7 Å². The molecule has 25 heteroatoms. The van der Waals surface area contributed by atoms with Crippen molar-refractivity contribution >= 4 is 59.6 Å². The number of imide groups is 1. The maximum Gasteiger partial charge on any atom is 0.335 e. The predicted octanol–water partition coefficient (Wildman–Crippen LogP) is 8.29. The molecule has 9 rings (SSSR count). The van der Waals surface area contributed by atoms with Gasteiger partial charge in [-0.3, -0.25) is 38.0 Å². The van der Waals surface area contributed by atoms with E-state index in [-0.39, 0.29) is 110 Å². The van der Waals surface area contributed by atoms with Crippen molar-refractivity contribution in [2.75, 3.05) is 20.4 Å². The van der Waals surface area contributed by atoms with E-state index in [1.807, 2.05) is 97.9 Å². The number of aliphatic hydroxyl groups excluding tert-OH is 2. The van der Waals surface area contributed by atoms with Crippen molar-refractivity contribution in [3.63, 3.8) is 0 Å². The number of nitrogens with one attached hydrogen (secondary N) is 2. The molecule has 7 heterocycles. The highest BCUT2D eigenvalue weighted by Gasteiger charge is 2.59. The zero-order chi connectivity index (χ0) is 74.3. The number of aliphatic hydroxyl groups is 2. The summed E-state index contributed by atoms with van der Waals surface area (Å²) < 4.78 is 51.6. The first-order valence-corrected chi connectivity index (χ1v) is 34.7. The summed E-state index contributed by atoms with van der Waals surface area (Å²) in [5.41, 5.74) is 19.2. The second-order valence-electron chi connectivity index (χ2n) is 28.0. The number of allylic oxidation sites excluding steroid dienone is 6. The Kier molecular flexibility index (Phi) is 32.9. The Morgan fingerprint density at radius 2 is 1.06 bits per heavy atom. The highest BCUT2D eigenvalue weighted by Crippen LogP contribution is 2.45. The molecule has 2 aromatic rings. The van der Waals surface area contributed by atoms with Gasteiger partial charge < -0.3 is 71.3 Å². The van der Waals surface area contributed by atoms with Gasteiger partial charge in [0.15, 0.2) is 0 Å². The molecule has 2 spiro atoms. The van der Waals surface area contributed by atoms with E-state index < -0.39 is 78.5 Å². The first kappa shape index (κ1) is 82.9. The molecule has 7 saturated heterocycles. The lowest BCUT2D eigenvalue weighted by Gasteiger charge is -2.39. The summed E-state index contributed by atoms with van der Waals surface area (Å²) in [5.74, 6) is -1.67. The SMILES string of the molecule is CC(/C=C/[C@H]1O[C@H](CC(=O)CCc2ccc(C(N)=O)cc2)C[C@@]2(CO2)[C@@H]1O)=C\C[C@@H]1O[C@H](C)[C@H](NC(=O)/C=C\C(C)C)C[C@@H]1C.CC(/C=C/[C@H]1O[C@H](CC(=O)ON2C(=O)CCC2=O)C[C@@]2(CO2)[C@@H]1O)=C\C[C@@H]1O[C@H](C)[C@H](NC(=O)/C=C\C(C)C)C[C@@H]1C.Cl.NCc1ccc(C(N)=O)cc1.[2H]CF. The number of ketones is 1. The van der Waals surface area contributed by atoms with E-state index in [0.29, 0.717) is 79.9 Å². The van der Waals surface area contributed by atoms with Gasteiger partial charge in [-0.1, -0.05) is 126 Å². The number of carbonyl (C=O) groups excluding carboxylic acids is 8. The van der Waals surface area contributed by atoms with Crippen LogP contribution in [0.15, 0.2) is 120 Å². The number of carbonyl (C=O) groups is 8. The summed E-state index contributed by atoms with van der Waals surface area (Å²) in [6, 6.07) is 13.8. The number of Topliss-reactive ketones (excluding diaryl/α,β-unsaturated/α-hetero) is 1. The fraction of sp³-hybridized carbons (Fsp3) is 0.579. The fourth-order valence-corrected chi connectivity index (χ4v) is 12.5. The Morgan fingerprint density at radius 1 is 0.663 bits per heavy atom. The summed E-state index contributed by atoms with van der Waals surface area (Å²) in [7, 11) is -1.00. The van der Waals surface area contributed by atoms with E-state index in [9.17, 15) is 53.0 Å². The second kappa shape index (κ2) is 40.1. The number of alkyl halides is 1. The minimum Gasteiger partial charge on any atom is -0.387 e. The molecule has 23 nitrogen and oxygen atoms in total. The summed E-state index contributed by atoms with van der Waals surface area (Å²) in [5, 5.41) is 28.5. The zero-order valence-corrected chi connectivity index (χ0v) is 60.7. The number of hydroxylamine groups is 2. The summed E-state index contributed by atoms with van der Waals surface area (Å²) >= 11 is 0.